The molecule has 1 fully saturated rings. The molecule has 1 saturated heterocycles. The van der Waals surface area contributed by atoms with Crippen LogP contribution in [0, 0.1) is 6.92 Å². The van der Waals surface area contributed by atoms with Gasteiger partial charge in [-0.2, -0.15) is 4.31 Å². The summed E-state index contributed by atoms with van der Waals surface area (Å²) in [4.78, 5) is 14.1. The second-order valence-corrected chi connectivity index (χ2v) is 8.83. The molecular weight excluding hydrogens is 422 g/mol. The van der Waals surface area contributed by atoms with Gasteiger partial charge < -0.3 is 14.6 Å². The van der Waals surface area contributed by atoms with Crippen molar-refractivity contribution in [3.63, 3.8) is 0 Å². The van der Waals surface area contributed by atoms with Crippen LogP contribution in [-0.2, 0) is 16.6 Å². The lowest BCUT2D eigenvalue weighted by molar-refractivity contribution is 0.171. The number of urea groups is 1. The SMILES string of the molecule is Cc1cc(S(=O)(=O)N2CCN(C(=O)NCc3ccco3)CC2)ccc1Br. The van der Waals surface area contributed by atoms with Crippen LogP contribution in [0.1, 0.15) is 11.3 Å². The number of furan rings is 1. The number of aryl methyl sites for hydroxylation is 1. The zero-order valence-electron chi connectivity index (χ0n) is 14.3. The molecule has 0 bridgehead atoms. The lowest BCUT2D eigenvalue weighted by Crippen LogP contribution is -2.52. The van der Waals surface area contributed by atoms with Crippen LogP contribution in [0.2, 0.25) is 0 Å². The van der Waals surface area contributed by atoms with Crippen molar-refractivity contribution < 1.29 is 17.6 Å². The van der Waals surface area contributed by atoms with Crippen LogP contribution in [0.25, 0.3) is 0 Å². The molecule has 0 atom stereocenters. The Kier molecular flexibility index (Phi) is 5.69. The van der Waals surface area contributed by atoms with Crippen LogP contribution < -0.4 is 5.32 Å². The highest BCUT2D eigenvalue weighted by atomic mass is 79.9. The molecule has 2 aromatic rings. The van der Waals surface area contributed by atoms with Gasteiger partial charge in [-0.1, -0.05) is 15.9 Å². The number of nitrogens with one attached hydrogen (secondary N) is 1. The maximum Gasteiger partial charge on any atom is 0.317 e. The zero-order chi connectivity index (χ0) is 18.7. The molecule has 3 rings (SSSR count). The van der Waals surface area contributed by atoms with Crippen molar-refractivity contribution in [1.82, 2.24) is 14.5 Å². The number of nitrogens with zero attached hydrogens (tertiary/aromatic N) is 2. The molecule has 1 aromatic heterocycles. The highest BCUT2D eigenvalue weighted by Crippen LogP contribution is 2.23. The molecular formula is C17H20BrN3O4S. The molecule has 0 aliphatic carbocycles. The third-order valence-electron chi connectivity index (χ3n) is 4.29. The van der Waals surface area contributed by atoms with Gasteiger partial charge in [-0.05, 0) is 42.8 Å². The summed E-state index contributed by atoms with van der Waals surface area (Å²) < 4.78 is 33.0. The van der Waals surface area contributed by atoms with E-state index in [4.69, 9.17) is 4.42 Å². The van der Waals surface area contributed by atoms with Crippen molar-refractivity contribution in [2.24, 2.45) is 0 Å². The van der Waals surface area contributed by atoms with Gasteiger partial charge in [-0.3, -0.25) is 0 Å². The number of halogens is 1. The normalized spacial score (nSPS) is 15.8. The van der Waals surface area contributed by atoms with E-state index >= 15 is 0 Å². The number of carbonyl (C=O) groups is 1. The average molecular weight is 442 g/mol. The number of hydrogen-bond acceptors (Lipinski definition) is 4. The van der Waals surface area contributed by atoms with Gasteiger partial charge >= 0.3 is 6.03 Å². The fourth-order valence-corrected chi connectivity index (χ4v) is 4.50. The van der Waals surface area contributed by atoms with E-state index in [1.807, 2.05) is 6.92 Å². The largest absolute Gasteiger partial charge is 0.467 e. The Labute approximate surface area is 161 Å². The predicted molar refractivity (Wildman–Crippen MR) is 100 cm³/mol. The first-order chi connectivity index (χ1) is 12.4. The van der Waals surface area contributed by atoms with E-state index in [1.54, 1.807) is 41.5 Å². The van der Waals surface area contributed by atoms with Gasteiger partial charge in [-0.15, -0.1) is 0 Å². The first-order valence-corrected chi connectivity index (χ1v) is 10.4. The smallest absolute Gasteiger partial charge is 0.317 e. The molecule has 26 heavy (non-hydrogen) atoms. The summed E-state index contributed by atoms with van der Waals surface area (Å²) in [5.74, 6) is 0.671. The van der Waals surface area contributed by atoms with Crippen LogP contribution >= 0.6 is 15.9 Å². The minimum absolute atomic E-state index is 0.224. The molecule has 1 aromatic carbocycles. The van der Waals surface area contributed by atoms with Gasteiger partial charge in [0.25, 0.3) is 0 Å². The van der Waals surface area contributed by atoms with E-state index in [0.717, 1.165) is 10.0 Å². The minimum atomic E-state index is -3.56. The van der Waals surface area contributed by atoms with E-state index in [1.165, 1.54) is 4.31 Å². The molecule has 0 saturated carbocycles. The van der Waals surface area contributed by atoms with Crippen LogP contribution in [0.15, 0.2) is 50.4 Å². The number of rotatable bonds is 4. The summed E-state index contributed by atoms with van der Waals surface area (Å²) in [5.41, 5.74) is 0.863. The van der Waals surface area contributed by atoms with E-state index < -0.39 is 10.0 Å². The number of hydrogen-bond donors (Lipinski definition) is 1. The Morgan fingerprint density at radius 3 is 2.58 bits per heavy atom. The van der Waals surface area contributed by atoms with Crippen molar-refractivity contribution in [1.29, 1.82) is 0 Å². The summed E-state index contributed by atoms with van der Waals surface area (Å²) >= 11 is 3.38. The van der Waals surface area contributed by atoms with Gasteiger partial charge in [0.1, 0.15) is 5.76 Å². The van der Waals surface area contributed by atoms with Crippen molar-refractivity contribution >= 4 is 32.0 Å². The summed E-state index contributed by atoms with van der Waals surface area (Å²) in [6.07, 6.45) is 1.55. The summed E-state index contributed by atoms with van der Waals surface area (Å²) in [6, 6.07) is 8.30. The molecule has 0 spiro atoms. The number of sulfonamides is 1. The third kappa shape index (κ3) is 4.11. The molecule has 7 nitrogen and oxygen atoms in total. The molecule has 1 aliphatic rings. The molecule has 0 unspecified atom stereocenters. The second kappa shape index (κ2) is 7.81. The van der Waals surface area contributed by atoms with Crippen LogP contribution in [-0.4, -0.2) is 49.8 Å². The van der Waals surface area contributed by atoms with Gasteiger partial charge in [0.2, 0.25) is 10.0 Å². The zero-order valence-corrected chi connectivity index (χ0v) is 16.7. The fraction of sp³-hybridized carbons (Fsp3) is 0.353. The lowest BCUT2D eigenvalue weighted by atomic mass is 10.2. The number of carbonyl (C=O) groups excluding carboxylic acids is 1. The molecule has 1 N–H and O–H groups in total. The molecule has 9 heteroatoms. The summed E-state index contributed by atoms with van der Waals surface area (Å²) in [6.45, 7) is 3.39. The quantitative estimate of drug-likeness (QED) is 0.789. The number of piperazine rings is 1. The first-order valence-electron chi connectivity index (χ1n) is 8.19. The van der Waals surface area contributed by atoms with Gasteiger partial charge in [0.05, 0.1) is 17.7 Å². The lowest BCUT2D eigenvalue weighted by Gasteiger charge is -2.34. The van der Waals surface area contributed by atoms with E-state index in [9.17, 15) is 13.2 Å². The van der Waals surface area contributed by atoms with Crippen LogP contribution in [0.4, 0.5) is 4.79 Å². The Balaban J connectivity index is 1.58. The van der Waals surface area contributed by atoms with Gasteiger partial charge in [-0.25, -0.2) is 13.2 Å². The molecule has 0 radical (unpaired) electrons. The fourth-order valence-electron chi connectivity index (χ4n) is 2.75. The van der Waals surface area contributed by atoms with Crippen molar-refractivity contribution in [2.75, 3.05) is 26.2 Å². The van der Waals surface area contributed by atoms with Crippen molar-refractivity contribution in [3.05, 3.63) is 52.4 Å². The molecule has 2 heterocycles. The van der Waals surface area contributed by atoms with Gasteiger partial charge in [0.15, 0.2) is 0 Å². The standard InChI is InChI=1S/C17H20BrN3O4S/c1-13-11-15(4-5-16(13)18)26(23,24)21-8-6-20(7-9-21)17(22)19-12-14-3-2-10-25-14/h2-5,10-11H,6-9,12H2,1H3,(H,19,22). The Hall–Kier alpha value is -1.84. The second-order valence-electron chi connectivity index (χ2n) is 6.04. The van der Waals surface area contributed by atoms with Crippen LogP contribution in [0.5, 0.6) is 0 Å². The minimum Gasteiger partial charge on any atom is -0.467 e. The maximum absolute atomic E-state index is 12.8. The monoisotopic (exact) mass is 441 g/mol. The molecule has 2 amide bonds. The number of amides is 2. The summed E-state index contributed by atoms with van der Waals surface area (Å²) in [7, 11) is -3.56. The highest BCUT2D eigenvalue weighted by Gasteiger charge is 2.30. The van der Waals surface area contributed by atoms with Crippen molar-refractivity contribution in [3.8, 4) is 0 Å². The van der Waals surface area contributed by atoms with E-state index in [0.29, 0.717) is 25.4 Å². The number of benzene rings is 1. The Morgan fingerprint density at radius 2 is 1.96 bits per heavy atom. The molecule has 140 valence electrons. The summed E-state index contributed by atoms with van der Waals surface area (Å²) in [5, 5.41) is 2.77. The Bertz CT molecular complexity index is 875. The van der Waals surface area contributed by atoms with Gasteiger partial charge in [0, 0.05) is 30.7 Å². The average Bonchev–Trinajstić information content (AvgIpc) is 3.15. The molecule has 1 aliphatic heterocycles. The maximum atomic E-state index is 12.8. The third-order valence-corrected chi connectivity index (χ3v) is 7.07. The van der Waals surface area contributed by atoms with E-state index in [-0.39, 0.29) is 24.0 Å². The van der Waals surface area contributed by atoms with Crippen LogP contribution in [0.3, 0.4) is 0 Å². The predicted octanol–water partition coefficient (Wildman–Crippen LogP) is 2.57. The Morgan fingerprint density at radius 1 is 1.23 bits per heavy atom. The topological polar surface area (TPSA) is 82.9 Å². The van der Waals surface area contributed by atoms with E-state index in [2.05, 4.69) is 21.2 Å². The van der Waals surface area contributed by atoms with Crippen molar-refractivity contribution in [2.45, 2.75) is 18.4 Å². The highest BCUT2D eigenvalue weighted by molar-refractivity contribution is 9.10. The first kappa shape index (κ1) is 18.9.